The molecule has 1 aromatic carbocycles. The van der Waals surface area contributed by atoms with Crippen molar-refractivity contribution in [3.63, 3.8) is 0 Å². The highest BCUT2D eigenvalue weighted by Gasteiger charge is 2.04. The van der Waals surface area contributed by atoms with Crippen LogP contribution in [0.3, 0.4) is 0 Å². The lowest BCUT2D eigenvalue weighted by molar-refractivity contribution is 0.628. The Kier molecular flexibility index (Phi) is 4.68. The van der Waals surface area contributed by atoms with Crippen LogP contribution in [0.2, 0.25) is 0 Å². The molecule has 0 saturated heterocycles. The number of nitrogens with one attached hydrogen (secondary N) is 2. The Balaban J connectivity index is 2.16. The van der Waals surface area contributed by atoms with E-state index in [0.29, 0.717) is 17.5 Å². The van der Waals surface area contributed by atoms with Crippen molar-refractivity contribution in [2.75, 3.05) is 17.2 Å². The van der Waals surface area contributed by atoms with Crippen molar-refractivity contribution < 1.29 is 4.39 Å². The first kappa shape index (κ1) is 13.7. The number of rotatable bonds is 5. The maximum Gasteiger partial charge on any atom is 0.224 e. The van der Waals surface area contributed by atoms with Crippen LogP contribution in [-0.2, 0) is 0 Å². The van der Waals surface area contributed by atoms with E-state index in [1.165, 1.54) is 12.1 Å². The number of hydrogen-bond donors (Lipinski definition) is 2. The van der Waals surface area contributed by atoms with Crippen LogP contribution in [0.25, 0.3) is 0 Å². The molecule has 0 aliphatic rings. The zero-order valence-electron chi connectivity index (χ0n) is 10.5. The van der Waals surface area contributed by atoms with Gasteiger partial charge in [-0.05, 0) is 46.6 Å². The van der Waals surface area contributed by atoms with E-state index in [2.05, 4.69) is 43.5 Å². The lowest BCUT2D eigenvalue weighted by Gasteiger charge is -2.09. The fourth-order valence-electron chi connectivity index (χ4n) is 1.48. The Morgan fingerprint density at radius 1 is 1.32 bits per heavy atom. The number of nitrogens with zero attached hydrogens (tertiary/aromatic N) is 2. The molecule has 0 bridgehead atoms. The summed E-state index contributed by atoms with van der Waals surface area (Å²) in [5.41, 5.74) is 0.625. The second-order valence-electron chi connectivity index (χ2n) is 3.94. The first-order chi connectivity index (χ1) is 9.19. The monoisotopic (exact) mass is 324 g/mol. The van der Waals surface area contributed by atoms with Gasteiger partial charge in [-0.15, -0.1) is 0 Å². The Morgan fingerprint density at radius 3 is 2.95 bits per heavy atom. The Morgan fingerprint density at radius 2 is 2.16 bits per heavy atom. The van der Waals surface area contributed by atoms with Gasteiger partial charge in [0.15, 0.2) is 0 Å². The predicted octanol–water partition coefficient (Wildman–Crippen LogP) is 3.94. The average molecular weight is 325 g/mol. The summed E-state index contributed by atoms with van der Waals surface area (Å²) in [5, 5.41) is 6.15. The van der Waals surface area contributed by atoms with Crippen molar-refractivity contribution in [2.45, 2.75) is 13.3 Å². The third kappa shape index (κ3) is 3.89. The van der Waals surface area contributed by atoms with Crippen molar-refractivity contribution in [1.82, 2.24) is 9.97 Å². The summed E-state index contributed by atoms with van der Waals surface area (Å²) in [7, 11) is 0. The highest BCUT2D eigenvalue weighted by Crippen LogP contribution is 2.25. The summed E-state index contributed by atoms with van der Waals surface area (Å²) in [6.07, 6.45) is 2.65. The molecule has 100 valence electrons. The lowest BCUT2D eigenvalue weighted by Crippen LogP contribution is -2.05. The van der Waals surface area contributed by atoms with Crippen molar-refractivity contribution in [3.05, 3.63) is 40.8 Å². The van der Waals surface area contributed by atoms with Crippen molar-refractivity contribution in [1.29, 1.82) is 0 Å². The van der Waals surface area contributed by atoms with Crippen molar-refractivity contribution >= 4 is 33.4 Å². The molecular formula is C13H14BrFN4. The highest BCUT2D eigenvalue weighted by atomic mass is 79.9. The minimum absolute atomic E-state index is 0.302. The first-order valence-electron chi connectivity index (χ1n) is 5.98. The molecule has 0 atom stereocenters. The zero-order chi connectivity index (χ0) is 13.7. The SMILES string of the molecule is CCCNc1nccc(Nc2cc(F)ccc2Br)n1. The van der Waals surface area contributed by atoms with Crippen LogP contribution in [0.4, 0.5) is 21.8 Å². The fourth-order valence-corrected chi connectivity index (χ4v) is 1.83. The van der Waals surface area contributed by atoms with Crippen LogP contribution in [0.1, 0.15) is 13.3 Å². The van der Waals surface area contributed by atoms with Gasteiger partial charge < -0.3 is 10.6 Å². The van der Waals surface area contributed by atoms with Gasteiger partial charge in [-0.1, -0.05) is 6.92 Å². The van der Waals surface area contributed by atoms with Gasteiger partial charge >= 0.3 is 0 Å². The normalized spacial score (nSPS) is 10.3. The van der Waals surface area contributed by atoms with E-state index >= 15 is 0 Å². The summed E-state index contributed by atoms with van der Waals surface area (Å²) in [5.74, 6) is 0.864. The van der Waals surface area contributed by atoms with E-state index in [9.17, 15) is 4.39 Å². The molecule has 0 fully saturated rings. The van der Waals surface area contributed by atoms with Crippen molar-refractivity contribution in [2.24, 2.45) is 0 Å². The average Bonchev–Trinajstić information content (AvgIpc) is 2.41. The summed E-state index contributed by atoms with van der Waals surface area (Å²) < 4.78 is 14.0. The summed E-state index contributed by atoms with van der Waals surface area (Å²) in [6.45, 7) is 2.88. The third-order valence-electron chi connectivity index (χ3n) is 2.38. The molecule has 0 unspecified atom stereocenters. The summed E-state index contributed by atoms with van der Waals surface area (Å²) in [6, 6.07) is 6.18. The molecule has 0 spiro atoms. The highest BCUT2D eigenvalue weighted by molar-refractivity contribution is 9.10. The molecule has 6 heteroatoms. The number of halogens is 2. The number of benzene rings is 1. The molecule has 0 saturated carbocycles. The molecule has 2 rings (SSSR count). The molecule has 4 nitrogen and oxygen atoms in total. The summed E-state index contributed by atoms with van der Waals surface area (Å²) in [4.78, 5) is 8.41. The Bertz CT molecular complexity index is 562. The van der Waals surface area contributed by atoms with Crippen LogP contribution in [-0.4, -0.2) is 16.5 Å². The fraction of sp³-hybridized carbons (Fsp3) is 0.231. The Labute approximate surface area is 119 Å². The van der Waals surface area contributed by atoms with E-state index in [-0.39, 0.29) is 5.82 Å². The molecule has 2 N–H and O–H groups in total. The van der Waals surface area contributed by atoms with Gasteiger partial charge in [0.2, 0.25) is 5.95 Å². The van der Waals surface area contributed by atoms with Crippen LogP contribution in [0.15, 0.2) is 34.9 Å². The topological polar surface area (TPSA) is 49.8 Å². The number of anilines is 3. The van der Waals surface area contributed by atoms with Gasteiger partial charge in [-0.3, -0.25) is 0 Å². The smallest absolute Gasteiger partial charge is 0.224 e. The van der Waals surface area contributed by atoms with Gasteiger partial charge in [0, 0.05) is 17.2 Å². The van der Waals surface area contributed by atoms with Gasteiger partial charge in [0.1, 0.15) is 11.6 Å². The lowest BCUT2D eigenvalue weighted by atomic mass is 10.3. The van der Waals surface area contributed by atoms with Crippen LogP contribution >= 0.6 is 15.9 Å². The molecule has 0 radical (unpaired) electrons. The van der Waals surface area contributed by atoms with Gasteiger partial charge in [0.25, 0.3) is 0 Å². The zero-order valence-corrected chi connectivity index (χ0v) is 12.0. The molecule has 19 heavy (non-hydrogen) atoms. The standard InChI is InChI=1S/C13H14BrFN4/c1-2-6-16-13-17-7-5-12(19-13)18-11-8-9(15)3-4-10(11)14/h3-5,7-8H,2,6H2,1H3,(H2,16,17,18,19). The maximum absolute atomic E-state index is 13.2. The van der Waals surface area contributed by atoms with Crippen LogP contribution in [0.5, 0.6) is 0 Å². The second kappa shape index (κ2) is 6.47. The van der Waals surface area contributed by atoms with Crippen LogP contribution in [0, 0.1) is 5.82 Å². The molecule has 0 amide bonds. The quantitative estimate of drug-likeness (QED) is 0.874. The molecular weight excluding hydrogens is 311 g/mol. The first-order valence-corrected chi connectivity index (χ1v) is 6.77. The molecule has 0 aliphatic heterocycles. The predicted molar refractivity (Wildman–Crippen MR) is 78.2 cm³/mol. The molecule has 1 heterocycles. The summed E-state index contributed by atoms with van der Waals surface area (Å²) >= 11 is 3.36. The number of hydrogen-bond acceptors (Lipinski definition) is 4. The van der Waals surface area contributed by atoms with E-state index in [1.54, 1.807) is 18.3 Å². The molecule has 0 aliphatic carbocycles. The van der Waals surface area contributed by atoms with Crippen LogP contribution < -0.4 is 10.6 Å². The molecule has 2 aromatic rings. The Hall–Kier alpha value is -1.69. The van der Waals surface area contributed by atoms with E-state index < -0.39 is 0 Å². The minimum Gasteiger partial charge on any atom is -0.354 e. The molecule has 1 aromatic heterocycles. The van der Waals surface area contributed by atoms with Gasteiger partial charge in [-0.2, -0.15) is 4.98 Å². The van der Waals surface area contributed by atoms with E-state index in [0.717, 1.165) is 17.4 Å². The number of aromatic nitrogens is 2. The third-order valence-corrected chi connectivity index (χ3v) is 3.07. The maximum atomic E-state index is 13.2. The largest absolute Gasteiger partial charge is 0.354 e. The van der Waals surface area contributed by atoms with Gasteiger partial charge in [-0.25, -0.2) is 9.37 Å². The second-order valence-corrected chi connectivity index (χ2v) is 4.80. The van der Waals surface area contributed by atoms with E-state index in [1.807, 2.05) is 0 Å². The minimum atomic E-state index is -0.302. The van der Waals surface area contributed by atoms with E-state index in [4.69, 9.17) is 0 Å². The van der Waals surface area contributed by atoms with Crippen molar-refractivity contribution in [3.8, 4) is 0 Å². The van der Waals surface area contributed by atoms with Gasteiger partial charge in [0.05, 0.1) is 5.69 Å².